The molecule has 2 aliphatic rings. The van der Waals surface area contributed by atoms with Crippen LogP contribution in [0.2, 0.25) is 0 Å². The van der Waals surface area contributed by atoms with Gasteiger partial charge in [-0.1, -0.05) is 30.3 Å². The molecule has 1 aromatic rings. The average molecular weight is 349 g/mol. The van der Waals surface area contributed by atoms with Crippen molar-refractivity contribution in [2.75, 3.05) is 19.6 Å². The summed E-state index contributed by atoms with van der Waals surface area (Å²) in [6.45, 7) is 9.68. The molecule has 4 heteroatoms. The van der Waals surface area contributed by atoms with Gasteiger partial charge in [0.05, 0.1) is 15.7 Å². The van der Waals surface area contributed by atoms with Crippen LogP contribution in [0, 0.1) is 5.41 Å². The molecule has 134 valence electrons. The Balaban J connectivity index is 1.47. The molecule has 0 radical (unpaired) electrons. The van der Waals surface area contributed by atoms with Crippen molar-refractivity contribution in [2.24, 2.45) is 5.41 Å². The lowest BCUT2D eigenvalue weighted by atomic mass is 9.59. The van der Waals surface area contributed by atoms with Crippen LogP contribution in [0.5, 0.6) is 0 Å². The summed E-state index contributed by atoms with van der Waals surface area (Å²) < 4.78 is 15.7. The summed E-state index contributed by atoms with van der Waals surface area (Å²) in [5, 5.41) is 0. The molecule has 2 fully saturated rings. The van der Waals surface area contributed by atoms with Crippen molar-refractivity contribution in [2.45, 2.75) is 63.7 Å². The molecule has 1 saturated heterocycles. The van der Waals surface area contributed by atoms with Gasteiger partial charge in [0.2, 0.25) is 0 Å². The number of hydrogen-bond donors (Lipinski definition) is 1. The second-order valence-electron chi connectivity index (χ2n) is 8.53. The standard InChI is InChI=1S/C20H32N2OS/c1-19(2,3)24(23)21-18-9-11-20(18)12-15-22(16-13-20)14-10-17-7-5-4-6-8-17/h4-8,18,21H,9-16H2,1-3H3/t18-,24-/m0/s1. The maximum Gasteiger partial charge on any atom is 0.0972 e. The highest BCUT2D eigenvalue weighted by atomic mass is 32.2. The first kappa shape index (κ1) is 18.1. The fourth-order valence-electron chi connectivity index (χ4n) is 3.94. The minimum atomic E-state index is -0.944. The van der Waals surface area contributed by atoms with E-state index in [1.807, 2.05) is 20.8 Å². The topological polar surface area (TPSA) is 32.3 Å². The van der Waals surface area contributed by atoms with E-state index in [4.69, 9.17) is 0 Å². The Kier molecular flexibility index (Phi) is 5.48. The molecule has 3 rings (SSSR count). The lowest BCUT2D eigenvalue weighted by Crippen LogP contribution is -2.59. The third-order valence-corrected chi connectivity index (χ3v) is 7.50. The van der Waals surface area contributed by atoms with E-state index in [9.17, 15) is 4.21 Å². The summed E-state index contributed by atoms with van der Waals surface area (Å²) in [6, 6.07) is 11.2. The molecule has 1 N–H and O–H groups in total. The van der Waals surface area contributed by atoms with Crippen LogP contribution in [0.25, 0.3) is 0 Å². The second-order valence-corrected chi connectivity index (χ2v) is 10.5. The molecule has 2 atom stereocenters. The summed E-state index contributed by atoms with van der Waals surface area (Å²) >= 11 is 0. The van der Waals surface area contributed by atoms with Gasteiger partial charge in [-0.25, -0.2) is 8.93 Å². The summed E-state index contributed by atoms with van der Waals surface area (Å²) in [5.41, 5.74) is 1.84. The van der Waals surface area contributed by atoms with Gasteiger partial charge in [0.1, 0.15) is 0 Å². The van der Waals surface area contributed by atoms with E-state index in [0.717, 1.165) is 13.0 Å². The van der Waals surface area contributed by atoms with Crippen LogP contribution in [-0.4, -0.2) is 39.5 Å². The van der Waals surface area contributed by atoms with Crippen molar-refractivity contribution in [1.82, 2.24) is 9.62 Å². The zero-order valence-corrected chi connectivity index (χ0v) is 16.2. The Morgan fingerprint density at radius 3 is 2.38 bits per heavy atom. The van der Waals surface area contributed by atoms with Crippen molar-refractivity contribution in [1.29, 1.82) is 0 Å². The Labute approximate surface area is 149 Å². The molecular formula is C20H32N2OS. The highest BCUT2D eigenvalue weighted by Crippen LogP contribution is 2.49. The Morgan fingerprint density at radius 2 is 1.83 bits per heavy atom. The first-order valence-electron chi connectivity index (χ1n) is 9.33. The van der Waals surface area contributed by atoms with Crippen LogP contribution in [-0.2, 0) is 17.4 Å². The lowest BCUT2D eigenvalue weighted by Gasteiger charge is -2.54. The predicted molar refractivity (Wildman–Crippen MR) is 102 cm³/mol. The number of nitrogens with one attached hydrogen (secondary N) is 1. The molecule has 0 unspecified atom stereocenters. The average Bonchev–Trinajstić information content (AvgIpc) is 2.57. The zero-order valence-electron chi connectivity index (χ0n) is 15.4. The molecule has 1 aliphatic heterocycles. The Hall–Kier alpha value is -0.710. The van der Waals surface area contributed by atoms with Crippen molar-refractivity contribution in [3.8, 4) is 0 Å². The third kappa shape index (κ3) is 4.09. The van der Waals surface area contributed by atoms with Crippen molar-refractivity contribution >= 4 is 11.0 Å². The number of benzene rings is 1. The number of piperidine rings is 1. The number of nitrogens with zero attached hydrogens (tertiary/aromatic N) is 1. The Morgan fingerprint density at radius 1 is 1.17 bits per heavy atom. The molecule has 0 amide bonds. The highest BCUT2D eigenvalue weighted by molar-refractivity contribution is 7.84. The maximum absolute atomic E-state index is 12.4. The van der Waals surface area contributed by atoms with Crippen molar-refractivity contribution in [3.05, 3.63) is 35.9 Å². The molecule has 3 nitrogen and oxygen atoms in total. The fourth-order valence-corrected chi connectivity index (χ4v) is 4.92. The van der Waals surface area contributed by atoms with Crippen LogP contribution in [0.3, 0.4) is 0 Å². The largest absolute Gasteiger partial charge is 0.303 e. The van der Waals surface area contributed by atoms with E-state index in [-0.39, 0.29) is 4.75 Å². The summed E-state index contributed by atoms with van der Waals surface area (Å²) in [5.74, 6) is 0. The fraction of sp³-hybridized carbons (Fsp3) is 0.700. The first-order chi connectivity index (χ1) is 11.4. The van der Waals surface area contributed by atoms with Crippen LogP contribution in [0.15, 0.2) is 30.3 Å². The lowest BCUT2D eigenvalue weighted by molar-refractivity contribution is 0.00383. The minimum Gasteiger partial charge on any atom is -0.303 e. The van der Waals surface area contributed by atoms with Gasteiger partial charge in [0.15, 0.2) is 0 Å². The molecule has 1 aliphatic carbocycles. The number of likely N-dealkylation sites (tertiary alicyclic amines) is 1. The maximum atomic E-state index is 12.4. The molecule has 1 heterocycles. The van der Waals surface area contributed by atoms with Crippen LogP contribution in [0.4, 0.5) is 0 Å². The van der Waals surface area contributed by atoms with Crippen LogP contribution >= 0.6 is 0 Å². The van der Waals surface area contributed by atoms with Gasteiger partial charge in [-0.2, -0.15) is 0 Å². The monoisotopic (exact) mass is 348 g/mol. The van der Waals surface area contributed by atoms with Crippen molar-refractivity contribution in [3.63, 3.8) is 0 Å². The summed E-state index contributed by atoms with van der Waals surface area (Å²) in [6.07, 6.45) is 6.13. The van der Waals surface area contributed by atoms with Crippen LogP contribution < -0.4 is 4.72 Å². The van der Waals surface area contributed by atoms with E-state index in [0.29, 0.717) is 11.5 Å². The normalized spacial score (nSPS) is 25.4. The zero-order chi connectivity index (χ0) is 17.2. The predicted octanol–water partition coefficient (Wildman–Crippen LogP) is 3.53. The van der Waals surface area contributed by atoms with Crippen LogP contribution in [0.1, 0.15) is 52.0 Å². The van der Waals surface area contributed by atoms with E-state index < -0.39 is 11.0 Å². The summed E-state index contributed by atoms with van der Waals surface area (Å²) in [7, 11) is -0.944. The highest BCUT2D eigenvalue weighted by Gasteiger charge is 2.49. The molecule has 0 bridgehead atoms. The smallest absolute Gasteiger partial charge is 0.0972 e. The van der Waals surface area contributed by atoms with Gasteiger partial charge in [-0.15, -0.1) is 0 Å². The van der Waals surface area contributed by atoms with Gasteiger partial charge in [0.25, 0.3) is 0 Å². The molecule has 1 aromatic carbocycles. The van der Waals surface area contributed by atoms with E-state index in [1.165, 1.54) is 44.3 Å². The molecule has 24 heavy (non-hydrogen) atoms. The quantitative estimate of drug-likeness (QED) is 0.883. The molecule has 0 aromatic heterocycles. The molecule has 1 saturated carbocycles. The Bertz CT molecular complexity index is 559. The number of rotatable bonds is 5. The SMILES string of the molecule is CC(C)(C)[S@](=O)N[C@H]1CCC12CCN(CCc1ccccc1)CC2. The van der Waals surface area contributed by atoms with Gasteiger partial charge >= 0.3 is 0 Å². The molecule has 1 spiro atoms. The van der Waals surface area contributed by atoms with E-state index in [1.54, 1.807) is 0 Å². The van der Waals surface area contributed by atoms with Gasteiger partial charge in [0, 0.05) is 12.6 Å². The summed E-state index contributed by atoms with van der Waals surface area (Å²) in [4.78, 5) is 2.61. The van der Waals surface area contributed by atoms with Crippen molar-refractivity contribution < 1.29 is 4.21 Å². The first-order valence-corrected chi connectivity index (χ1v) is 10.5. The molecular weight excluding hydrogens is 316 g/mol. The number of hydrogen-bond acceptors (Lipinski definition) is 2. The van der Waals surface area contributed by atoms with E-state index in [2.05, 4.69) is 40.0 Å². The van der Waals surface area contributed by atoms with Gasteiger partial charge in [-0.05, 0) is 76.9 Å². The second kappa shape index (κ2) is 7.27. The van der Waals surface area contributed by atoms with Gasteiger partial charge < -0.3 is 4.90 Å². The third-order valence-electron chi connectivity index (χ3n) is 5.89. The minimum absolute atomic E-state index is 0.173. The van der Waals surface area contributed by atoms with E-state index >= 15 is 0 Å². The van der Waals surface area contributed by atoms with Gasteiger partial charge in [-0.3, -0.25) is 0 Å².